The van der Waals surface area contributed by atoms with E-state index in [1.807, 2.05) is 0 Å². The summed E-state index contributed by atoms with van der Waals surface area (Å²) in [5.74, 6) is 1.08. The summed E-state index contributed by atoms with van der Waals surface area (Å²) in [6.45, 7) is 11.2. The van der Waals surface area contributed by atoms with E-state index in [4.69, 9.17) is 4.74 Å². The summed E-state index contributed by atoms with van der Waals surface area (Å²) < 4.78 is 5.95. The van der Waals surface area contributed by atoms with E-state index in [1.54, 1.807) is 0 Å². The zero-order valence-electron chi connectivity index (χ0n) is 13.9. The molecule has 0 radical (unpaired) electrons. The van der Waals surface area contributed by atoms with E-state index in [9.17, 15) is 0 Å². The molecule has 3 heteroatoms. The van der Waals surface area contributed by atoms with Crippen LogP contribution in [-0.4, -0.2) is 56.2 Å². The van der Waals surface area contributed by atoms with E-state index >= 15 is 0 Å². The number of nitrogens with zero attached hydrogens (tertiary/aromatic N) is 2. The SMILES string of the molecule is Cc1cccc(C)c1OCCCCCN1CCN(C)CC1. The fraction of sp³-hybridized carbons (Fsp3) is 0.667. The summed E-state index contributed by atoms with van der Waals surface area (Å²) in [5, 5.41) is 0. The molecule has 1 aromatic carbocycles. The van der Waals surface area contributed by atoms with Crippen LogP contribution in [0.2, 0.25) is 0 Å². The number of likely N-dealkylation sites (N-methyl/N-ethyl adjacent to an activating group) is 1. The number of benzene rings is 1. The molecule has 0 N–H and O–H groups in total. The largest absolute Gasteiger partial charge is 0.493 e. The first-order chi connectivity index (χ1) is 10.2. The molecule has 2 rings (SSSR count). The number of unbranched alkanes of at least 4 members (excludes halogenated alkanes) is 2. The van der Waals surface area contributed by atoms with Gasteiger partial charge >= 0.3 is 0 Å². The zero-order chi connectivity index (χ0) is 15.1. The summed E-state index contributed by atoms with van der Waals surface area (Å²) in [7, 11) is 2.21. The maximum absolute atomic E-state index is 5.95. The van der Waals surface area contributed by atoms with Crippen molar-refractivity contribution in [1.82, 2.24) is 9.80 Å². The van der Waals surface area contributed by atoms with Gasteiger partial charge in [-0.05, 0) is 57.8 Å². The quantitative estimate of drug-likeness (QED) is 0.718. The summed E-state index contributed by atoms with van der Waals surface area (Å²) in [6.07, 6.45) is 3.71. The zero-order valence-corrected chi connectivity index (χ0v) is 13.9. The van der Waals surface area contributed by atoms with Crippen molar-refractivity contribution in [1.29, 1.82) is 0 Å². The molecule has 1 saturated heterocycles. The van der Waals surface area contributed by atoms with Crippen molar-refractivity contribution in [3.63, 3.8) is 0 Å². The smallest absolute Gasteiger partial charge is 0.125 e. The molecule has 0 aromatic heterocycles. The molecule has 3 nitrogen and oxygen atoms in total. The van der Waals surface area contributed by atoms with Gasteiger partial charge in [0.25, 0.3) is 0 Å². The first kappa shape index (κ1) is 16.3. The lowest BCUT2D eigenvalue weighted by Gasteiger charge is -2.32. The lowest BCUT2D eigenvalue weighted by Crippen LogP contribution is -2.44. The molecular weight excluding hydrogens is 260 g/mol. The maximum Gasteiger partial charge on any atom is 0.125 e. The van der Waals surface area contributed by atoms with E-state index < -0.39 is 0 Å². The molecule has 0 unspecified atom stereocenters. The number of piperazine rings is 1. The number of para-hydroxylation sites is 1. The minimum atomic E-state index is 0.842. The van der Waals surface area contributed by atoms with Gasteiger partial charge in [-0.1, -0.05) is 18.2 Å². The van der Waals surface area contributed by atoms with Gasteiger partial charge in [-0.15, -0.1) is 0 Å². The second-order valence-electron chi connectivity index (χ2n) is 6.27. The number of aryl methyl sites for hydroxylation is 2. The van der Waals surface area contributed by atoms with E-state index in [2.05, 4.69) is 48.9 Å². The highest BCUT2D eigenvalue weighted by Gasteiger charge is 2.12. The Hall–Kier alpha value is -1.06. The Morgan fingerprint density at radius 1 is 0.952 bits per heavy atom. The second kappa shape index (κ2) is 8.40. The molecule has 1 aliphatic heterocycles. The Kier molecular flexibility index (Phi) is 6.52. The third-order valence-corrected chi connectivity index (χ3v) is 4.37. The standard InChI is InChI=1S/C18H30N2O/c1-16-8-7-9-17(2)18(16)21-15-6-4-5-10-20-13-11-19(3)12-14-20/h7-9H,4-6,10-15H2,1-3H3. The summed E-state index contributed by atoms with van der Waals surface area (Å²) in [6, 6.07) is 6.33. The molecule has 0 amide bonds. The van der Waals surface area contributed by atoms with Gasteiger partial charge in [-0.2, -0.15) is 0 Å². The van der Waals surface area contributed by atoms with Gasteiger partial charge in [-0.3, -0.25) is 0 Å². The van der Waals surface area contributed by atoms with Crippen molar-refractivity contribution in [2.45, 2.75) is 33.1 Å². The van der Waals surface area contributed by atoms with Crippen LogP contribution in [0.5, 0.6) is 5.75 Å². The third kappa shape index (κ3) is 5.33. The van der Waals surface area contributed by atoms with Gasteiger partial charge in [0.15, 0.2) is 0 Å². The number of rotatable bonds is 7. The van der Waals surface area contributed by atoms with Crippen molar-refractivity contribution < 1.29 is 4.74 Å². The van der Waals surface area contributed by atoms with Crippen LogP contribution in [0.15, 0.2) is 18.2 Å². The summed E-state index contributed by atoms with van der Waals surface area (Å²) in [4.78, 5) is 5.00. The summed E-state index contributed by atoms with van der Waals surface area (Å²) >= 11 is 0. The normalized spacial score (nSPS) is 17.1. The Labute approximate surface area is 129 Å². The second-order valence-corrected chi connectivity index (χ2v) is 6.27. The highest BCUT2D eigenvalue weighted by molar-refractivity contribution is 5.39. The molecule has 1 fully saturated rings. The Balaban J connectivity index is 1.56. The molecule has 0 bridgehead atoms. The lowest BCUT2D eigenvalue weighted by molar-refractivity contribution is 0.151. The fourth-order valence-corrected chi connectivity index (χ4v) is 2.89. The van der Waals surface area contributed by atoms with Crippen molar-refractivity contribution in [2.24, 2.45) is 0 Å². The molecule has 118 valence electrons. The number of ether oxygens (including phenoxy) is 1. The van der Waals surface area contributed by atoms with Crippen LogP contribution in [0.4, 0.5) is 0 Å². The molecule has 0 saturated carbocycles. The van der Waals surface area contributed by atoms with Gasteiger partial charge in [0.1, 0.15) is 5.75 Å². The minimum Gasteiger partial charge on any atom is -0.493 e. The average molecular weight is 290 g/mol. The maximum atomic E-state index is 5.95. The fourth-order valence-electron chi connectivity index (χ4n) is 2.89. The van der Waals surface area contributed by atoms with Gasteiger partial charge in [0.2, 0.25) is 0 Å². The van der Waals surface area contributed by atoms with E-state index in [0.29, 0.717) is 0 Å². The topological polar surface area (TPSA) is 15.7 Å². The van der Waals surface area contributed by atoms with E-state index in [-0.39, 0.29) is 0 Å². The van der Waals surface area contributed by atoms with Crippen molar-refractivity contribution in [3.8, 4) is 5.75 Å². The van der Waals surface area contributed by atoms with Gasteiger partial charge in [0.05, 0.1) is 6.61 Å². The van der Waals surface area contributed by atoms with Crippen LogP contribution in [0.3, 0.4) is 0 Å². The molecular formula is C18H30N2O. The van der Waals surface area contributed by atoms with Gasteiger partial charge in [0, 0.05) is 26.2 Å². The molecule has 1 heterocycles. The summed E-state index contributed by atoms with van der Waals surface area (Å²) in [5.41, 5.74) is 2.49. The highest BCUT2D eigenvalue weighted by atomic mass is 16.5. The van der Waals surface area contributed by atoms with Gasteiger partial charge in [-0.25, -0.2) is 0 Å². The number of hydrogen-bond donors (Lipinski definition) is 0. The number of hydrogen-bond acceptors (Lipinski definition) is 3. The van der Waals surface area contributed by atoms with Crippen LogP contribution in [0.25, 0.3) is 0 Å². The molecule has 1 aliphatic rings. The predicted octanol–water partition coefficient (Wildman–Crippen LogP) is 3.10. The molecule has 21 heavy (non-hydrogen) atoms. The minimum absolute atomic E-state index is 0.842. The van der Waals surface area contributed by atoms with Crippen LogP contribution in [0, 0.1) is 13.8 Å². The monoisotopic (exact) mass is 290 g/mol. The first-order valence-electron chi connectivity index (χ1n) is 8.27. The highest BCUT2D eigenvalue weighted by Crippen LogP contribution is 2.22. The molecule has 0 aliphatic carbocycles. The lowest BCUT2D eigenvalue weighted by atomic mass is 10.1. The van der Waals surface area contributed by atoms with Crippen LogP contribution in [-0.2, 0) is 0 Å². The van der Waals surface area contributed by atoms with E-state index in [0.717, 1.165) is 18.8 Å². The molecule has 0 atom stereocenters. The third-order valence-electron chi connectivity index (χ3n) is 4.37. The Bertz CT molecular complexity index is 405. The van der Waals surface area contributed by atoms with Crippen LogP contribution >= 0.6 is 0 Å². The molecule has 0 spiro atoms. The Morgan fingerprint density at radius 2 is 1.62 bits per heavy atom. The van der Waals surface area contributed by atoms with Crippen molar-refractivity contribution >= 4 is 0 Å². The van der Waals surface area contributed by atoms with E-state index in [1.165, 1.54) is 56.7 Å². The van der Waals surface area contributed by atoms with Crippen LogP contribution < -0.4 is 4.74 Å². The van der Waals surface area contributed by atoms with Crippen molar-refractivity contribution in [3.05, 3.63) is 29.3 Å². The average Bonchev–Trinajstić information content (AvgIpc) is 2.47. The Morgan fingerprint density at radius 3 is 2.29 bits per heavy atom. The van der Waals surface area contributed by atoms with Crippen LogP contribution in [0.1, 0.15) is 30.4 Å². The van der Waals surface area contributed by atoms with Gasteiger partial charge < -0.3 is 14.5 Å². The van der Waals surface area contributed by atoms with Crippen molar-refractivity contribution in [2.75, 3.05) is 46.4 Å². The first-order valence-corrected chi connectivity index (χ1v) is 8.27. The molecule has 1 aromatic rings. The predicted molar refractivity (Wildman–Crippen MR) is 89.2 cm³/mol.